The van der Waals surface area contributed by atoms with Crippen molar-refractivity contribution in [2.24, 2.45) is 16.6 Å². The topological polar surface area (TPSA) is 47.6 Å². The largest absolute Gasteiger partial charge is 0.381 e. The molecular weight excluding hydrogens is 312 g/mol. The van der Waals surface area contributed by atoms with E-state index in [1.807, 2.05) is 6.07 Å². The molecule has 0 spiro atoms. The fourth-order valence-electron chi connectivity index (χ4n) is 2.75. The van der Waals surface area contributed by atoms with Gasteiger partial charge in [0.2, 0.25) is 0 Å². The van der Waals surface area contributed by atoms with E-state index >= 15 is 0 Å². The summed E-state index contributed by atoms with van der Waals surface area (Å²) in [6, 6.07) is 8.41. The number of nitrogens with two attached hydrogens (primary N) is 1. The third-order valence-electron chi connectivity index (χ3n) is 3.69. The van der Waals surface area contributed by atoms with Crippen LogP contribution in [0.5, 0.6) is 0 Å². The summed E-state index contributed by atoms with van der Waals surface area (Å²) in [6.07, 6.45) is 0.912. The SMILES string of the molecule is NC1=NC2(c3cccc(Br)c3)CCOCC2CS1. The monoisotopic (exact) mass is 326 g/mol. The molecule has 0 aliphatic carbocycles. The number of halogens is 1. The zero-order valence-electron chi connectivity index (χ0n) is 9.93. The maximum Gasteiger partial charge on any atom is 0.154 e. The molecule has 2 aliphatic rings. The van der Waals surface area contributed by atoms with E-state index in [9.17, 15) is 0 Å². The molecule has 1 aromatic rings. The number of amidine groups is 1. The molecule has 1 saturated heterocycles. The first-order valence-corrected chi connectivity index (χ1v) is 7.80. The van der Waals surface area contributed by atoms with E-state index in [1.54, 1.807) is 11.8 Å². The first-order chi connectivity index (χ1) is 8.71. The van der Waals surface area contributed by atoms with Crippen LogP contribution in [0.1, 0.15) is 12.0 Å². The van der Waals surface area contributed by atoms with Gasteiger partial charge in [-0.1, -0.05) is 39.8 Å². The summed E-state index contributed by atoms with van der Waals surface area (Å²) in [7, 11) is 0. The number of rotatable bonds is 1. The van der Waals surface area contributed by atoms with Gasteiger partial charge in [-0.25, -0.2) is 0 Å². The van der Waals surface area contributed by atoms with Gasteiger partial charge in [-0.15, -0.1) is 0 Å². The minimum absolute atomic E-state index is 0.183. The molecule has 0 radical (unpaired) electrons. The van der Waals surface area contributed by atoms with Crippen molar-refractivity contribution in [1.82, 2.24) is 0 Å². The lowest BCUT2D eigenvalue weighted by atomic mass is 9.76. The van der Waals surface area contributed by atoms with Crippen molar-refractivity contribution in [3.63, 3.8) is 0 Å². The number of aliphatic imine (C=N–C) groups is 1. The number of thioether (sulfide) groups is 1. The number of fused-ring (bicyclic) bond motifs is 1. The van der Waals surface area contributed by atoms with Crippen molar-refractivity contribution >= 4 is 32.9 Å². The van der Waals surface area contributed by atoms with E-state index in [1.165, 1.54) is 5.56 Å². The standard InChI is InChI=1S/C13H15BrN2OS/c14-11-3-1-2-9(6-11)13-4-5-17-7-10(13)8-18-12(15)16-13/h1-3,6,10H,4-5,7-8H2,(H2,15,16). The van der Waals surface area contributed by atoms with Crippen LogP contribution < -0.4 is 5.73 Å². The van der Waals surface area contributed by atoms with Gasteiger partial charge in [-0.05, 0) is 17.7 Å². The summed E-state index contributed by atoms with van der Waals surface area (Å²) in [6.45, 7) is 1.53. The Labute approximate surface area is 119 Å². The van der Waals surface area contributed by atoms with E-state index in [4.69, 9.17) is 15.5 Å². The van der Waals surface area contributed by atoms with E-state index in [2.05, 4.69) is 34.1 Å². The lowest BCUT2D eigenvalue weighted by molar-refractivity contribution is 0.0101. The average molecular weight is 327 g/mol. The lowest BCUT2D eigenvalue weighted by Crippen LogP contribution is -2.46. The molecule has 2 unspecified atom stereocenters. The smallest absolute Gasteiger partial charge is 0.154 e. The highest BCUT2D eigenvalue weighted by Crippen LogP contribution is 2.45. The second-order valence-corrected chi connectivity index (χ2v) is 6.67. The molecule has 5 heteroatoms. The molecule has 2 heterocycles. The van der Waals surface area contributed by atoms with E-state index in [0.717, 1.165) is 29.9 Å². The van der Waals surface area contributed by atoms with Gasteiger partial charge in [0, 0.05) is 29.2 Å². The van der Waals surface area contributed by atoms with Crippen LogP contribution in [0.3, 0.4) is 0 Å². The third-order valence-corrected chi connectivity index (χ3v) is 5.14. The maximum atomic E-state index is 5.96. The Balaban J connectivity index is 2.10. The van der Waals surface area contributed by atoms with Gasteiger partial charge in [0.15, 0.2) is 5.17 Å². The van der Waals surface area contributed by atoms with Crippen molar-refractivity contribution < 1.29 is 4.74 Å². The number of hydrogen-bond donors (Lipinski definition) is 1. The molecule has 1 fully saturated rings. The quantitative estimate of drug-likeness (QED) is 0.863. The summed E-state index contributed by atoms with van der Waals surface area (Å²) >= 11 is 5.18. The molecule has 2 atom stereocenters. The van der Waals surface area contributed by atoms with Gasteiger partial charge in [0.1, 0.15) is 0 Å². The first kappa shape index (κ1) is 12.5. The minimum Gasteiger partial charge on any atom is -0.381 e. The second-order valence-electron chi connectivity index (χ2n) is 4.72. The van der Waals surface area contributed by atoms with Gasteiger partial charge >= 0.3 is 0 Å². The van der Waals surface area contributed by atoms with Crippen LogP contribution in [0.2, 0.25) is 0 Å². The van der Waals surface area contributed by atoms with Gasteiger partial charge < -0.3 is 10.5 Å². The Kier molecular flexibility index (Phi) is 3.38. The highest BCUT2D eigenvalue weighted by Gasteiger charge is 2.45. The van der Waals surface area contributed by atoms with Crippen molar-refractivity contribution in [2.75, 3.05) is 19.0 Å². The summed E-state index contributed by atoms with van der Waals surface area (Å²) in [5.41, 5.74) is 7.02. The zero-order chi connectivity index (χ0) is 12.6. The lowest BCUT2D eigenvalue weighted by Gasteiger charge is -2.43. The number of hydrogen-bond acceptors (Lipinski definition) is 4. The van der Waals surface area contributed by atoms with Crippen LogP contribution in [0, 0.1) is 5.92 Å². The average Bonchev–Trinajstić information content (AvgIpc) is 2.38. The molecule has 3 nitrogen and oxygen atoms in total. The molecule has 0 amide bonds. The van der Waals surface area contributed by atoms with Crippen molar-refractivity contribution in [1.29, 1.82) is 0 Å². The summed E-state index contributed by atoms with van der Waals surface area (Å²) in [5.74, 6) is 1.40. The van der Waals surface area contributed by atoms with Crippen LogP contribution in [0.15, 0.2) is 33.7 Å². The second kappa shape index (κ2) is 4.87. The van der Waals surface area contributed by atoms with Crippen molar-refractivity contribution in [3.8, 4) is 0 Å². The summed E-state index contributed by atoms with van der Waals surface area (Å²) < 4.78 is 6.71. The Bertz CT molecular complexity index is 494. The van der Waals surface area contributed by atoms with Gasteiger partial charge in [-0.2, -0.15) is 0 Å². The first-order valence-electron chi connectivity index (χ1n) is 6.03. The highest BCUT2D eigenvalue weighted by atomic mass is 79.9. The van der Waals surface area contributed by atoms with Crippen LogP contribution in [-0.2, 0) is 10.3 Å². The normalized spacial score (nSPS) is 31.6. The van der Waals surface area contributed by atoms with E-state index in [-0.39, 0.29) is 5.54 Å². The fourth-order valence-corrected chi connectivity index (χ4v) is 4.12. The Morgan fingerprint density at radius 2 is 2.39 bits per heavy atom. The molecule has 1 aromatic carbocycles. The molecule has 2 aliphatic heterocycles. The molecule has 0 saturated carbocycles. The molecule has 0 aromatic heterocycles. The summed E-state index contributed by atoms with van der Waals surface area (Å²) in [4.78, 5) is 4.80. The van der Waals surface area contributed by atoms with Gasteiger partial charge in [0.25, 0.3) is 0 Å². The Morgan fingerprint density at radius 1 is 1.50 bits per heavy atom. The highest BCUT2D eigenvalue weighted by molar-refractivity contribution is 9.10. The molecule has 2 N–H and O–H groups in total. The van der Waals surface area contributed by atoms with Gasteiger partial charge in [-0.3, -0.25) is 4.99 Å². The van der Waals surface area contributed by atoms with Crippen LogP contribution in [0.25, 0.3) is 0 Å². The van der Waals surface area contributed by atoms with Crippen LogP contribution in [-0.4, -0.2) is 24.1 Å². The zero-order valence-corrected chi connectivity index (χ0v) is 12.3. The molecule has 96 valence electrons. The third kappa shape index (κ3) is 2.08. The minimum atomic E-state index is -0.183. The number of nitrogens with zero attached hydrogens (tertiary/aromatic N) is 1. The van der Waals surface area contributed by atoms with Crippen LogP contribution in [0.4, 0.5) is 0 Å². The summed E-state index contributed by atoms with van der Waals surface area (Å²) in [5, 5.41) is 0.702. The fraction of sp³-hybridized carbons (Fsp3) is 0.462. The molecule has 3 rings (SSSR count). The maximum absolute atomic E-state index is 5.96. The van der Waals surface area contributed by atoms with Crippen LogP contribution >= 0.6 is 27.7 Å². The van der Waals surface area contributed by atoms with E-state index in [0.29, 0.717) is 11.1 Å². The van der Waals surface area contributed by atoms with Gasteiger partial charge in [0.05, 0.1) is 12.1 Å². The van der Waals surface area contributed by atoms with Crippen molar-refractivity contribution in [3.05, 3.63) is 34.3 Å². The Hall–Kier alpha value is -0.520. The number of benzene rings is 1. The van der Waals surface area contributed by atoms with Crippen molar-refractivity contribution in [2.45, 2.75) is 12.0 Å². The molecule has 18 heavy (non-hydrogen) atoms. The number of ether oxygens (including phenoxy) is 1. The van der Waals surface area contributed by atoms with E-state index < -0.39 is 0 Å². The molecular formula is C13H15BrN2OS. The predicted octanol–water partition coefficient (Wildman–Crippen LogP) is 2.74. The Morgan fingerprint density at radius 3 is 3.22 bits per heavy atom. The molecule has 0 bridgehead atoms. The predicted molar refractivity (Wildman–Crippen MR) is 78.8 cm³/mol.